The van der Waals surface area contributed by atoms with Gasteiger partial charge in [0.2, 0.25) is 0 Å². The zero-order chi connectivity index (χ0) is 7.66. The van der Waals surface area contributed by atoms with Gasteiger partial charge in [-0.25, -0.2) is 0 Å². The molecule has 0 fully saturated rings. The average Bonchev–Trinajstić information content (AvgIpc) is 1.97. The maximum absolute atomic E-state index is 2.44. The van der Waals surface area contributed by atoms with Crippen molar-refractivity contribution in [2.75, 3.05) is 0 Å². The van der Waals surface area contributed by atoms with E-state index in [-0.39, 0.29) is 21.1 Å². The predicted molar refractivity (Wildman–Crippen MR) is 49.8 cm³/mol. The summed E-state index contributed by atoms with van der Waals surface area (Å²) >= 11 is 0.152. The number of unbranched alkanes of at least 4 members (excludes halogenated alkanes) is 5. The fraction of sp³-hybridized carbons (Fsp3) is 1.00. The van der Waals surface area contributed by atoms with Gasteiger partial charge in [-0.05, 0) is 0 Å². The van der Waals surface area contributed by atoms with E-state index in [1.807, 2.05) is 0 Å². The molecule has 0 saturated carbocycles. The normalized spacial score (nSPS) is 9.40. The standard InChI is InChI=1S/C8H17.CH3.Sn/c1-3-5-7-8-6-4-2;;/h1,3-8H2,2H3;1H3;/q;;+2. The van der Waals surface area contributed by atoms with E-state index in [0.717, 1.165) is 0 Å². The SMILES string of the molecule is CCCCCCC[CH2][Sn+2][CH3]. The first-order valence-electron chi connectivity index (χ1n) is 4.56. The molecule has 0 spiro atoms. The summed E-state index contributed by atoms with van der Waals surface area (Å²) in [6.45, 7) is 2.28. The fourth-order valence-electron chi connectivity index (χ4n) is 1.08. The molecule has 0 nitrogen and oxygen atoms in total. The summed E-state index contributed by atoms with van der Waals surface area (Å²) < 4.78 is 1.61. The predicted octanol–water partition coefficient (Wildman–Crippen LogP) is 3.52. The summed E-state index contributed by atoms with van der Waals surface area (Å²) in [6.07, 6.45) is 8.84. The van der Waals surface area contributed by atoms with Crippen LogP contribution in [0.3, 0.4) is 0 Å². The van der Waals surface area contributed by atoms with E-state index >= 15 is 0 Å². The number of rotatable bonds is 7. The zero-order valence-corrected chi connectivity index (χ0v) is 10.3. The van der Waals surface area contributed by atoms with Gasteiger partial charge in [-0.15, -0.1) is 0 Å². The second kappa shape index (κ2) is 9.80. The van der Waals surface area contributed by atoms with E-state index in [2.05, 4.69) is 11.9 Å². The summed E-state index contributed by atoms with van der Waals surface area (Å²) in [6, 6.07) is 0. The Bertz CT molecular complexity index is 44.7. The van der Waals surface area contributed by atoms with Crippen LogP contribution < -0.4 is 0 Å². The zero-order valence-electron chi connectivity index (χ0n) is 7.45. The van der Waals surface area contributed by atoms with Crippen LogP contribution in [0.2, 0.25) is 9.38 Å². The molecule has 0 aliphatic carbocycles. The summed E-state index contributed by atoms with van der Waals surface area (Å²) in [5, 5.41) is 0. The third-order valence-electron chi connectivity index (χ3n) is 1.78. The van der Waals surface area contributed by atoms with Gasteiger partial charge in [0.05, 0.1) is 0 Å². The summed E-state index contributed by atoms with van der Waals surface area (Å²) in [4.78, 5) is 2.44. The van der Waals surface area contributed by atoms with Crippen LogP contribution in [0.25, 0.3) is 0 Å². The van der Waals surface area contributed by atoms with E-state index in [4.69, 9.17) is 0 Å². The molecule has 0 heterocycles. The van der Waals surface area contributed by atoms with Crippen LogP contribution in [0, 0.1) is 0 Å². The first-order chi connectivity index (χ1) is 4.91. The van der Waals surface area contributed by atoms with Gasteiger partial charge in [-0.3, -0.25) is 0 Å². The molecule has 0 unspecified atom stereocenters. The van der Waals surface area contributed by atoms with Gasteiger partial charge >= 0.3 is 76.0 Å². The average molecular weight is 247 g/mol. The van der Waals surface area contributed by atoms with Gasteiger partial charge < -0.3 is 0 Å². The molecule has 1 heteroatoms. The van der Waals surface area contributed by atoms with Gasteiger partial charge in [-0.2, -0.15) is 0 Å². The molecule has 0 aromatic heterocycles. The Kier molecular flexibility index (Phi) is 10.6. The molecule has 0 aromatic rings. The third-order valence-corrected chi connectivity index (χ3v) is 4.22. The van der Waals surface area contributed by atoms with Gasteiger partial charge in [0.25, 0.3) is 0 Å². The van der Waals surface area contributed by atoms with E-state index in [1.54, 1.807) is 4.44 Å². The van der Waals surface area contributed by atoms with Crippen molar-refractivity contribution in [1.29, 1.82) is 0 Å². The molecule has 0 rings (SSSR count). The van der Waals surface area contributed by atoms with Crippen molar-refractivity contribution in [1.82, 2.24) is 0 Å². The van der Waals surface area contributed by atoms with Crippen molar-refractivity contribution < 1.29 is 0 Å². The van der Waals surface area contributed by atoms with Gasteiger partial charge in [0.1, 0.15) is 0 Å². The molecule has 0 N–H and O–H groups in total. The molecule has 0 aliphatic heterocycles. The van der Waals surface area contributed by atoms with E-state index in [9.17, 15) is 0 Å². The van der Waals surface area contributed by atoms with Crippen LogP contribution in [0.1, 0.15) is 45.4 Å². The van der Waals surface area contributed by atoms with Gasteiger partial charge in [0, 0.05) is 0 Å². The maximum atomic E-state index is 2.44. The molecule has 10 heavy (non-hydrogen) atoms. The monoisotopic (exact) mass is 248 g/mol. The van der Waals surface area contributed by atoms with E-state index in [1.165, 1.54) is 38.5 Å². The van der Waals surface area contributed by atoms with Crippen LogP contribution in [0.5, 0.6) is 0 Å². The van der Waals surface area contributed by atoms with Crippen molar-refractivity contribution >= 4 is 21.1 Å². The molecular formula is C9H20Sn+2. The minimum atomic E-state index is 0.152. The molecule has 0 atom stereocenters. The van der Waals surface area contributed by atoms with Crippen molar-refractivity contribution in [3.63, 3.8) is 0 Å². The fourth-order valence-corrected chi connectivity index (χ4v) is 2.80. The third kappa shape index (κ3) is 8.80. The summed E-state index contributed by atoms with van der Waals surface area (Å²) in [5.74, 6) is 0. The second-order valence-electron chi connectivity index (χ2n) is 2.87. The molecule has 0 radical (unpaired) electrons. The van der Waals surface area contributed by atoms with Gasteiger partial charge in [-0.1, -0.05) is 0 Å². The van der Waals surface area contributed by atoms with Gasteiger partial charge in [0.15, 0.2) is 0 Å². The number of hydrogen-bond acceptors (Lipinski definition) is 0. The first kappa shape index (κ1) is 10.8. The second-order valence-corrected chi connectivity index (χ2v) is 6.32. The summed E-state index contributed by atoms with van der Waals surface area (Å²) in [5.41, 5.74) is 0. The Balaban J connectivity index is 2.65. The first-order valence-corrected chi connectivity index (χ1v) is 9.43. The quantitative estimate of drug-likeness (QED) is 0.477. The molecule has 0 saturated heterocycles. The topological polar surface area (TPSA) is 0 Å². The summed E-state index contributed by atoms with van der Waals surface area (Å²) in [7, 11) is 0. The minimum absolute atomic E-state index is 0.152. The van der Waals surface area contributed by atoms with E-state index < -0.39 is 0 Å². The molecule has 0 aromatic carbocycles. The van der Waals surface area contributed by atoms with Crippen LogP contribution in [0.15, 0.2) is 0 Å². The van der Waals surface area contributed by atoms with Crippen molar-refractivity contribution in [3.8, 4) is 0 Å². The van der Waals surface area contributed by atoms with Crippen molar-refractivity contribution in [2.24, 2.45) is 0 Å². The van der Waals surface area contributed by atoms with Crippen LogP contribution >= 0.6 is 0 Å². The van der Waals surface area contributed by atoms with Crippen molar-refractivity contribution in [2.45, 2.75) is 54.8 Å². The molecule has 58 valence electrons. The molecular weight excluding hydrogens is 227 g/mol. The molecule has 0 amide bonds. The Morgan fingerprint density at radius 1 is 0.900 bits per heavy atom. The van der Waals surface area contributed by atoms with Crippen LogP contribution in [-0.4, -0.2) is 21.1 Å². The Morgan fingerprint density at radius 3 is 2.10 bits per heavy atom. The van der Waals surface area contributed by atoms with Crippen LogP contribution in [0.4, 0.5) is 0 Å². The Hall–Kier alpha value is 0.799. The Labute approximate surface area is 76.0 Å². The van der Waals surface area contributed by atoms with Crippen LogP contribution in [-0.2, 0) is 0 Å². The molecule has 0 bridgehead atoms. The number of hydrogen-bond donors (Lipinski definition) is 0. The van der Waals surface area contributed by atoms with Crippen molar-refractivity contribution in [3.05, 3.63) is 0 Å². The van der Waals surface area contributed by atoms with E-state index in [0.29, 0.717) is 0 Å². The molecule has 0 aliphatic rings. The Morgan fingerprint density at radius 2 is 1.50 bits per heavy atom.